The molecule has 0 radical (unpaired) electrons. The summed E-state index contributed by atoms with van der Waals surface area (Å²) in [6.07, 6.45) is 1.80. The van der Waals surface area contributed by atoms with Crippen LogP contribution in [0.1, 0.15) is 58.3 Å². The first-order valence-corrected chi connectivity index (χ1v) is 10.7. The number of carbonyl (C=O) groups is 1. The number of rotatable bonds is 10. The van der Waals surface area contributed by atoms with Crippen LogP contribution in [0.4, 0.5) is 0 Å². The molecule has 0 aliphatic rings. The van der Waals surface area contributed by atoms with Crippen molar-refractivity contribution >= 4 is 13.7 Å². The Morgan fingerprint density at radius 2 is 1.62 bits per heavy atom. The molecule has 0 aliphatic heterocycles. The number of hydrogen-bond acceptors (Lipinski definition) is 4. The smallest absolute Gasteiger partial charge is 0.218 e. The molecule has 26 heavy (non-hydrogen) atoms. The Morgan fingerprint density at radius 3 is 2.04 bits per heavy atom. The zero-order valence-corrected chi connectivity index (χ0v) is 18.5. The van der Waals surface area contributed by atoms with Crippen LogP contribution >= 0.6 is 8.15 Å². The minimum absolute atomic E-state index is 0.00397. The van der Waals surface area contributed by atoms with Gasteiger partial charge in [-0.05, 0) is 35.8 Å². The van der Waals surface area contributed by atoms with Gasteiger partial charge in [0.1, 0.15) is 25.2 Å². The maximum atomic E-state index is 13.4. The molecule has 0 N–H and O–H groups in total. The monoisotopic (exact) mass is 382 g/mol. The van der Waals surface area contributed by atoms with Crippen LogP contribution in [-0.4, -0.2) is 32.5 Å². The van der Waals surface area contributed by atoms with Crippen LogP contribution in [0, 0.1) is 17.3 Å². The van der Waals surface area contributed by atoms with Crippen molar-refractivity contribution in [2.75, 3.05) is 27.0 Å². The van der Waals surface area contributed by atoms with E-state index in [2.05, 4.69) is 41.5 Å². The van der Waals surface area contributed by atoms with E-state index in [1.807, 2.05) is 6.07 Å². The lowest BCUT2D eigenvalue weighted by atomic mass is 9.86. The highest BCUT2D eigenvalue weighted by molar-refractivity contribution is 7.71. The van der Waals surface area contributed by atoms with Gasteiger partial charge in [-0.15, -0.1) is 0 Å². The lowest BCUT2D eigenvalue weighted by molar-refractivity contribution is 0.105. The Morgan fingerprint density at radius 1 is 1.08 bits per heavy atom. The largest absolute Gasteiger partial charge is 0.496 e. The summed E-state index contributed by atoms with van der Waals surface area (Å²) in [7, 11) is 1.88. The molecule has 2 atom stereocenters. The number of ether oxygens (including phenoxy) is 2. The van der Waals surface area contributed by atoms with Crippen molar-refractivity contribution in [1.29, 1.82) is 0 Å². The first-order valence-electron chi connectivity index (χ1n) is 9.24. The first-order chi connectivity index (χ1) is 12.1. The molecule has 0 fully saturated rings. The van der Waals surface area contributed by atoms with E-state index in [9.17, 15) is 4.79 Å². The Bertz CT molecular complexity index is 556. The molecule has 0 aliphatic carbocycles. The summed E-state index contributed by atoms with van der Waals surface area (Å²) in [5.74, 6) is 1.86. The summed E-state index contributed by atoms with van der Waals surface area (Å²) < 4.78 is 17.0. The van der Waals surface area contributed by atoms with Gasteiger partial charge < -0.3 is 14.0 Å². The third-order valence-corrected chi connectivity index (χ3v) is 5.96. The van der Waals surface area contributed by atoms with Crippen LogP contribution in [0.2, 0.25) is 0 Å². The van der Waals surface area contributed by atoms with Gasteiger partial charge in [0.2, 0.25) is 5.52 Å². The molecule has 148 valence electrons. The van der Waals surface area contributed by atoms with Gasteiger partial charge in [0.25, 0.3) is 0 Å². The number of carbonyl (C=O) groups excluding carboxylic acids is 1. The van der Waals surface area contributed by atoms with Crippen LogP contribution in [0.15, 0.2) is 18.2 Å². The van der Waals surface area contributed by atoms with Crippen molar-refractivity contribution in [2.45, 2.75) is 48.0 Å². The number of methoxy groups -OCH3 is 2. The van der Waals surface area contributed by atoms with E-state index >= 15 is 0 Å². The molecular weight excluding hydrogens is 347 g/mol. The normalized spacial score (nSPS) is 14.2. The van der Waals surface area contributed by atoms with E-state index in [-0.39, 0.29) is 10.9 Å². The van der Waals surface area contributed by atoms with E-state index in [0.717, 1.165) is 12.6 Å². The minimum atomic E-state index is -1.27. The average molecular weight is 382 g/mol. The SMILES string of the molecule is COc1cccc(OC)c1C(=O)P(CC(C)CC(C)(C)C)OCC(C)C. The van der Waals surface area contributed by atoms with E-state index in [4.69, 9.17) is 14.0 Å². The molecule has 2 unspecified atom stereocenters. The van der Waals surface area contributed by atoms with Gasteiger partial charge in [0, 0.05) is 6.16 Å². The summed E-state index contributed by atoms with van der Waals surface area (Å²) >= 11 is 0. The number of benzene rings is 1. The summed E-state index contributed by atoms with van der Waals surface area (Å²) in [6, 6.07) is 5.42. The highest BCUT2D eigenvalue weighted by Crippen LogP contribution is 2.48. The third kappa shape index (κ3) is 7.25. The van der Waals surface area contributed by atoms with Crippen molar-refractivity contribution in [3.63, 3.8) is 0 Å². The van der Waals surface area contributed by atoms with Gasteiger partial charge in [-0.1, -0.05) is 47.6 Å². The molecule has 0 saturated heterocycles. The lowest BCUT2D eigenvalue weighted by Gasteiger charge is -2.27. The van der Waals surface area contributed by atoms with Crippen LogP contribution in [-0.2, 0) is 4.52 Å². The van der Waals surface area contributed by atoms with Crippen molar-refractivity contribution in [2.24, 2.45) is 17.3 Å². The highest BCUT2D eigenvalue weighted by atomic mass is 31.1. The second-order valence-corrected chi connectivity index (χ2v) is 10.2. The maximum absolute atomic E-state index is 13.4. The molecule has 1 rings (SSSR count). The van der Waals surface area contributed by atoms with Gasteiger partial charge in [0.05, 0.1) is 20.8 Å². The fraction of sp³-hybridized carbons (Fsp3) is 0.667. The molecule has 1 aromatic rings. The zero-order valence-electron chi connectivity index (χ0n) is 17.6. The molecule has 5 heteroatoms. The Kier molecular flexibility index (Phi) is 9.06. The summed E-state index contributed by atoms with van der Waals surface area (Å²) in [4.78, 5) is 13.4. The molecule has 0 heterocycles. The highest BCUT2D eigenvalue weighted by Gasteiger charge is 2.30. The summed E-state index contributed by atoms with van der Waals surface area (Å²) in [6.45, 7) is 13.7. The molecule has 0 aromatic heterocycles. The van der Waals surface area contributed by atoms with Gasteiger partial charge >= 0.3 is 0 Å². The number of hydrogen-bond donors (Lipinski definition) is 0. The Labute approximate surface area is 160 Å². The van der Waals surface area contributed by atoms with Crippen LogP contribution in [0.5, 0.6) is 11.5 Å². The molecule has 1 aromatic carbocycles. The van der Waals surface area contributed by atoms with Crippen molar-refractivity contribution in [3.05, 3.63) is 23.8 Å². The lowest BCUT2D eigenvalue weighted by Crippen LogP contribution is -2.17. The zero-order chi connectivity index (χ0) is 19.9. The predicted molar refractivity (Wildman–Crippen MR) is 110 cm³/mol. The van der Waals surface area contributed by atoms with Gasteiger partial charge in [0.15, 0.2) is 0 Å². The van der Waals surface area contributed by atoms with E-state index in [1.54, 1.807) is 26.4 Å². The average Bonchev–Trinajstić information content (AvgIpc) is 2.55. The van der Waals surface area contributed by atoms with Gasteiger partial charge in [-0.25, -0.2) is 0 Å². The second kappa shape index (κ2) is 10.3. The van der Waals surface area contributed by atoms with Crippen LogP contribution < -0.4 is 9.47 Å². The summed E-state index contributed by atoms with van der Waals surface area (Å²) in [5.41, 5.74) is 0.718. The maximum Gasteiger partial charge on any atom is 0.218 e. The molecule has 0 amide bonds. The van der Waals surface area contributed by atoms with Crippen LogP contribution in [0.25, 0.3) is 0 Å². The summed E-state index contributed by atoms with van der Waals surface area (Å²) in [5, 5.41) is 0. The standard InChI is InChI=1S/C21H35O4P/c1-15(2)13-25-26(14-16(3)12-21(4,5)6)20(22)19-17(23-7)10-9-11-18(19)24-8/h9-11,15-16H,12-14H2,1-8H3. The van der Waals surface area contributed by atoms with E-state index in [1.165, 1.54) is 0 Å². The fourth-order valence-electron chi connectivity index (χ4n) is 3.01. The Balaban J connectivity index is 3.12. The molecule has 0 saturated carbocycles. The van der Waals surface area contributed by atoms with Crippen molar-refractivity contribution in [3.8, 4) is 11.5 Å². The van der Waals surface area contributed by atoms with Gasteiger partial charge in [-0.3, -0.25) is 4.79 Å². The fourth-order valence-corrected chi connectivity index (χ4v) is 5.04. The van der Waals surface area contributed by atoms with E-state index in [0.29, 0.717) is 35.5 Å². The second-order valence-electron chi connectivity index (χ2n) is 8.46. The topological polar surface area (TPSA) is 44.8 Å². The third-order valence-electron chi connectivity index (χ3n) is 3.87. The predicted octanol–water partition coefficient (Wildman–Crippen LogP) is 5.99. The minimum Gasteiger partial charge on any atom is -0.496 e. The van der Waals surface area contributed by atoms with Crippen LogP contribution in [0.3, 0.4) is 0 Å². The molecule has 0 spiro atoms. The Hall–Kier alpha value is -1.12. The molecule has 0 bridgehead atoms. The van der Waals surface area contributed by atoms with E-state index < -0.39 is 8.15 Å². The first kappa shape index (κ1) is 22.9. The molecular formula is C21H35O4P. The molecule has 4 nitrogen and oxygen atoms in total. The quantitative estimate of drug-likeness (QED) is 0.467. The van der Waals surface area contributed by atoms with Crippen molar-refractivity contribution in [1.82, 2.24) is 0 Å². The van der Waals surface area contributed by atoms with Gasteiger partial charge in [-0.2, -0.15) is 0 Å². The van der Waals surface area contributed by atoms with Crippen molar-refractivity contribution < 1.29 is 18.8 Å².